The number of nitrogens with one attached hydrogen (secondary N) is 2. The molecule has 0 bridgehead atoms. The summed E-state index contributed by atoms with van der Waals surface area (Å²) in [6.45, 7) is 2.16. The summed E-state index contributed by atoms with van der Waals surface area (Å²) in [5.74, 6) is -1.98. The monoisotopic (exact) mass is 448 g/mol. The van der Waals surface area contributed by atoms with E-state index in [-0.39, 0.29) is 22.3 Å². The minimum absolute atomic E-state index is 0.135. The standard InChI is InChI=1S/C21H25FN4O4S/c1-24-31(29,30)17-8-9-19(22)18(11-17)21(28)25-16-6-4-14(5-7-16)12-26-10-2-3-15(13-26)20(23)27/h4-9,11,15,24H,2-3,10,12-13H2,1H3,(H2,23,27)(H,25,28). The Bertz CT molecular complexity index is 1070. The van der Waals surface area contributed by atoms with Gasteiger partial charge in [0.15, 0.2) is 0 Å². The predicted molar refractivity (Wildman–Crippen MR) is 114 cm³/mol. The lowest BCUT2D eigenvalue weighted by atomic mass is 9.97. The van der Waals surface area contributed by atoms with E-state index in [4.69, 9.17) is 5.73 Å². The molecule has 0 aromatic heterocycles. The van der Waals surface area contributed by atoms with Gasteiger partial charge in [0.2, 0.25) is 15.9 Å². The number of nitrogens with two attached hydrogens (primary N) is 1. The maximum atomic E-state index is 14.1. The van der Waals surface area contributed by atoms with Crippen molar-refractivity contribution >= 4 is 27.5 Å². The summed E-state index contributed by atoms with van der Waals surface area (Å²) in [6.07, 6.45) is 1.72. The van der Waals surface area contributed by atoms with Gasteiger partial charge in [-0.1, -0.05) is 12.1 Å². The summed E-state index contributed by atoms with van der Waals surface area (Å²) in [5, 5.41) is 2.58. The number of sulfonamides is 1. The Morgan fingerprint density at radius 3 is 2.55 bits per heavy atom. The third-order valence-electron chi connectivity index (χ3n) is 5.29. The lowest BCUT2D eigenvalue weighted by Gasteiger charge is -2.31. The van der Waals surface area contributed by atoms with Gasteiger partial charge in [0.1, 0.15) is 5.82 Å². The van der Waals surface area contributed by atoms with Gasteiger partial charge in [-0.3, -0.25) is 14.5 Å². The third kappa shape index (κ3) is 5.66. The molecular formula is C21H25FN4O4S. The second-order valence-corrected chi connectivity index (χ2v) is 9.36. The molecule has 2 amide bonds. The SMILES string of the molecule is CNS(=O)(=O)c1ccc(F)c(C(=O)Nc2ccc(CN3CCCC(C(N)=O)C3)cc2)c1. The normalized spacial score (nSPS) is 17.3. The average Bonchev–Trinajstić information content (AvgIpc) is 2.75. The number of carbonyl (C=O) groups is 2. The van der Waals surface area contributed by atoms with E-state index in [9.17, 15) is 22.4 Å². The van der Waals surface area contributed by atoms with Gasteiger partial charge in [0.05, 0.1) is 16.4 Å². The van der Waals surface area contributed by atoms with Crippen molar-refractivity contribution in [2.24, 2.45) is 11.7 Å². The van der Waals surface area contributed by atoms with Gasteiger partial charge in [0, 0.05) is 18.8 Å². The molecule has 0 spiro atoms. The van der Waals surface area contributed by atoms with Crippen LogP contribution in [-0.2, 0) is 21.4 Å². The van der Waals surface area contributed by atoms with E-state index >= 15 is 0 Å². The van der Waals surface area contributed by atoms with Gasteiger partial charge in [-0.05, 0) is 62.3 Å². The zero-order valence-corrected chi connectivity index (χ0v) is 17.9. The molecule has 1 atom stereocenters. The summed E-state index contributed by atoms with van der Waals surface area (Å²) in [5.41, 5.74) is 6.49. The summed E-state index contributed by atoms with van der Waals surface area (Å²) < 4.78 is 40.1. The molecule has 1 aliphatic rings. The summed E-state index contributed by atoms with van der Waals surface area (Å²) >= 11 is 0. The van der Waals surface area contributed by atoms with Gasteiger partial charge in [-0.25, -0.2) is 17.5 Å². The molecule has 166 valence electrons. The number of anilines is 1. The smallest absolute Gasteiger partial charge is 0.258 e. The van der Waals surface area contributed by atoms with E-state index in [2.05, 4.69) is 14.9 Å². The van der Waals surface area contributed by atoms with Crippen molar-refractivity contribution < 1.29 is 22.4 Å². The lowest BCUT2D eigenvalue weighted by Crippen LogP contribution is -2.40. The first kappa shape index (κ1) is 22.9. The number of hydrogen-bond acceptors (Lipinski definition) is 5. The predicted octanol–water partition coefficient (Wildman–Crippen LogP) is 1.68. The van der Waals surface area contributed by atoms with E-state index in [0.29, 0.717) is 18.8 Å². The van der Waals surface area contributed by atoms with Crippen LogP contribution in [0, 0.1) is 11.7 Å². The van der Waals surface area contributed by atoms with Crippen molar-refractivity contribution in [3.63, 3.8) is 0 Å². The Hall–Kier alpha value is -2.82. The number of likely N-dealkylation sites (tertiary alicyclic amines) is 1. The van der Waals surface area contributed by atoms with Gasteiger partial charge in [0.25, 0.3) is 5.91 Å². The summed E-state index contributed by atoms with van der Waals surface area (Å²) in [6, 6.07) is 10.1. The molecular weight excluding hydrogens is 423 g/mol. The van der Waals surface area contributed by atoms with Crippen molar-refractivity contribution in [3.05, 3.63) is 59.4 Å². The van der Waals surface area contributed by atoms with Crippen LogP contribution in [0.3, 0.4) is 0 Å². The maximum absolute atomic E-state index is 14.1. The van der Waals surface area contributed by atoms with Crippen LogP contribution in [0.2, 0.25) is 0 Å². The zero-order valence-electron chi connectivity index (χ0n) is 17.1. The number of benzene rings is 2. The van der Waals surface area contributed by atoms with E-state index in [1.54, 1.807) is 12.1 Å². The van der Waals surface area contributed by atoms with E-state index in [1.807, 2.05) is 12.1 Å². The number of amides is 2. The maximum Gasteiger partial charge on any atom is 0.258 e. The van der Waals surface area contributed by atoms with Gasteiger partial charge in [-0.2, -0.15) is 0 Å². The first-order valence-corrected chi connectivity index (χ1v) is 11.3. The number of piperidine rings is 1. The van der Waals surface area contributed by atoms with Crippen LogP contribution in [0.1, 0.15) is 28.8 Å². The highest BCUT2D eigenvalue weighted by Crippen LogP contribution is 2.20. The number of nitrogens with zero attached hydrogens (tertiary/aromatic N) is 1. The molecule has 2 aromatic rings. The van der Waals surface area contributed by atoms with Crippen molar-refractivity contribution in [1.29, 1.82) is 0 Å². The van der Waals surface area contributed by atoms with Crippen molar-refractivity contribution in [2.75, 3.05) is 25.5 Å². The third-order valence-corrected chi connectivity index (χ3v) is 6.70. The molecule has 1 aliphatic heterocycles. The van der Waals surface area contributed by atoms with Crippen LogP contribution in [-0.4, -0.2) is 45.3 Å². The van der Waals surface area contributed by atoms with Crippen molar-refractivity contribution in [3.8, 4) is 0 Å². The Morgan fingerprint density at radius 2 is 1.90 bits per heavy atom. The number of carbonyl (C=O) groups excluding carboxylic acids is 2. The van der Waals surface area contributed by atoms with Crippen LogP contribution >= 0.6 is 0 Å². The average molecular weight is 449 g/mol. The Balaban J connectivity index is 1.67. The lowest BCUT2D eigenvalue weighted by molar-refractivity contribution is -0.123. The van der Waals surface area contributed by atoms with Gasteiger partial charge < -0.3 is 11.1 Å². The summed E-state index contributed by atoms with van der Waals surface area (Å²) in [7, 11) is -2.57. The van der Waals surface area contributed by atoms with Gasteiger partial charge >= 0.3 is 0 Å². The molecule has 0 aliphatic carbocycles. The second kappa shape index (κ2) is 9.54. The fraction of sp³-hybridized carbons (Fsp3) is 0.333. The molecule has 0 radical (unpaired) electrons. The number of rotatable bonds is 7. The highest BCUT2D eigenvalue weighted by Gasteiger charge is 2.24. The molecule has 2 aromatic carbocycles. The first-order chi connectivity index (χ1) is 14.7. The topological polar surface area (TPSA) is 122 Å². The first-order valence-electron chi connectivity index (χ1n) is 9.84. The molecule has 0 saturated carbocycles. The minimum Gasteiger partial charge on any atom is -0.369 e. The van der Waals surface area contributed by atoms with Crippen LogP contribution in [0.4, 0.5) is 10.1 Å². The highest BCUT2D eigenvalue weighted by molar-refractivity contribution is 7.89. The van der Waals surface area contributed by atoms with Gasteiger partial charge in [-0.15, -0.1) is 0 Å². The highest BCUT2D eigenvalue weighted by atomic mass is 32.2. The Kier molecular flexibility index (Phi) is 7.04. The molecule has 10 heteroatoms. The van der Waals surface area contributed by atoms with Crippen LogP contribution < -0.4 is 15.8 Å². The minimum atomic E-state index is -3.80. The zero-order chi connectivity index (χ0) is 22.6. The molecule has 3 rings (SSSR count). The van der Waals surface area contributed by atoms with Crippen molar-refractivity contribution in [2.45, 2.75) is 24.3 Å². The number of primary amides is 1. The fourth-order valence-corrected chi connectivity index (χ4v) is 4.30. The summed E-state index contributed by atoms with van der Waals surface area (Å²) in [4.78, 5) is 25.9. The van der Waals surface area contributed by atoms with Crippen LogP contribution in [0.15, 0.2) is 47.4 Å². The Labute approximate surface area is 180 Å². The quantitative estimate of drug-likeness (QED) is 0.595. The van der Waals surface area contributed by atoms with E-state index < -0.39 is 21.7 Å². The van der Waals surface area contributed by atoms with E-state index in [1.165, 1.54) is 7.05 Å². The molecule has 1 fully saturated rings. The molecule has 1 unspecified atom stereocenters. The Morgan fingerprint density at radius 1 is 1.19 bits per heavy atom. The second-order valence-electron chi connectivity index (χ2n) is 7.48. The fourth-order valence-electron chi connectivity index (χ4n) is 3.54. The molecule has 31 heavy (non-hydrogen) atoms. The van der Waals surface area contributed by atoms with Crippen LogP contribution in [0.25, 0.3) is 0 Å². The number of hydrogen-bond donors (Lipinski definition) is 3. The van der Waals surface area contributed by atoms with Crippen LogP contribution in [0.5, 0.6) is 0 Å². The van der Waals surface area contributed by atoms with Crippen molar-refractivity contribution in [1.82, 2.24) is 9.62 Å². The largest absolute Gasteiger partial charge is 0.369 e. The molecule has 4 N–H and O–H groups in total. The molecule has 8 nitrogen and oxygen atoms in total. The molecule has 1 heterocycles. The van der Waals surface area contributed by atoms with E-state index in [0.717, 1.165) is 43.1 Å². The molecule has 1 saturated heterocycles. The number of halogens is 1.